The lowest BCUT2D eigenvalue weighted by atomic mass is 10.1. The minimum Gasteiger partial charge on any atom is -0.309 e. The zero-order valence-corrected chi connectivity index (χ0v) is 31.4. The Kier molecular flexibility index (Phi) is 6.41. The number of nitrogens with zero attached hydrogens (tertiary/aromatic N) is 4. The highest BCUT2D eigenvalue weighted by Crippen LogP contribution is 2.43. The minimum atomic E-state index is 1.14. The number of rotatable bonds is 4. The second kappa shape index (κ2) is 11.8. The van der Waals surface area contributed by atoms with E-state index in [0.717, 1.165) is 22.7 Å². The molecule has 0 fully saturated rings. The molecule has 4 aromatic heterocycles. The molecule has 0 saturated carbocycles. The summed E-state index contributed by atoms with van der Waals surface area (Å²) in [5.41, 5.74) is 14.2. The predicted molar refractivity (Wildman–Crippen MR) is 244 cm³/mol. The highest BCUT2D eigenvalue weighted by molar-refractivity contribution is 6.26. The lowest BCUT2D eigenvalue weighted by Gasteiger charge is -2.12. The number of hydrogen-bond acceptors (Lipinski definition) is 0. The molecular formula is C54H34N4. The van der Waals surface area contributed by atoms with Crippen molar-refractivity contribution in [2.24, 2.45) is 0 Å². The third kappa shape index (κ3) is 4.23. The second-order valence-corrected chi connectivity index (χ2v) is 15.3. The van der Waals surface area contributed by atoms with Crippen LogP contribution < -0.4 is 0 Å². The topological polar surface area (TPSA) is 19.7 Å². The van der Waals surface area contributed by atoms with Crippen LogP contribution in [0.4, 0.5) is 0 Å². The van der Waals surface area contributed by atoms with Crippen molar-refractivity contribution in [3.8, 4) is 22.7 Å². The van der Waals surface area contributed by atoms with Gasteiger partial charge in [0, 0.05) is 65.8 Å². The fourth-order valence-electron chi connectivity index (χ4n) is 9.97. The van der Waals surface area contributed by atoms with E-state index in [9.17, 15) is 0 Å². The van der Waals surface area contributed by atoms with Gasteiger partial charge < -0.3 is 18.3 Å². The smallest absolute Gasteiger partial charge is 0.0641 e. The molecule has 4 heterocycles. The van der Waals surface area contributed by atoms with Gasteiger partial charge >= 0.3 is 0 Å². The first-order valence-corrected chi connectivity index (χ1v) is 20.0. The summed E-state index contributed by atoms with van der Waals surface area (Å²) in [6.45, 7) is 0. The van der Waals surface area contributed by atoms with Crippen molar-refractivity contribution in [2.45, 2.75) is 0 Å². The average molecular weight is 739 g/mol. The lowest BCUT2D eigenvalue weighted by molar-refractivity contribution is 1.16. The Labute approximate surface area is 333 Å². The quantitative estimate of drug-likeness (QED) is 0.171. The summed E-state index contributed by atoms with van der Waals surface area (Å²) in [6.07, 6.45) is 0. The minimum absolute atomic E-state index is 1.14. The molecule has 4 nitrogen and oxygen atoms in total. The Balaban J connectivity index is 1.07. The molecule has 0 radical (unpaired) electrons. The lowest BCUT2D eigenvalue weighted by Crippen LogP contribution is -1.97. The van der Waals surface area contributed by atoms with Crippen LogP contribution in [0.1, 0.15) is 0 Å². The number of fused-ring (bicyclic) bond motifs is 13. The molecule has 58 heavy (non-hydrogen) atoms. The largest absolute Gasteiger partial charge is 0.309 e. The van der Waals surface area contributed by atoms with Gasteiger partial charge in [-0.05, 0) is 91.0 Å². The maximum absolute atomic E-state index is 2.47. The van der Waals surface area contributed by atoms with Gasteiger partial charge in [0.2, 0.25) is 0 Å². The van der Waals surface area contributed by atoms with Gasteiger partial charge in [0.1, 0.15) is 0 Å². The predicted octanol–water partition coefficient (Wildman–Crippen LogP) is 14.1. The summed E-state index contributed by atoms with van der Waals surface area (Å²) in [4.78, 5) is 0. The zero-order chi connectivity index (χ0) is 37.9. The Morgan fingerprint density at radius 3 is 1.12 bits per heavy atom. The standard InChI is InChI=1S/C54H34N4/c1-3-15-35(16-4-1)55-46-23-11-8-20-40(46)44-33-37(27-30-50(44)55)56-47-24-12-9-21-41(47)45-34-38(28-31-51(45)56)57-49-26-14-10-22-43(49)53-52(57)32-29-42-39-19-7-13-25-48(39)58(54(42)53)36-17-5-2-6-18-36/h1-34H. The van der Waals surface area contributed by atoms with E-state index in [-0.39, 0.29) is 0 Å². The van der Waals surface area contributed by atoms with Crippen LogP contribution in [0, 0.1) is 0 Å². The number of hydrogen-bond donors (Lipinski definition) is 0. The SMILES string of the molecule is c1ccc(-n2c3ccccc3c3cc(-n4c5ccccc5c5cc(-n6c7ccccc7c7c6ccc6c8ccccc8n(-c8ccccc8)c67)ccc54)ccc32)cc1. The first-order valence-electron chi connectivity index (χ1n) is 20.0. The van der Waals surface area contributed by atoms with Crippen molar-refractivity contribution < 1.29 is 0 Å². The molecular weight excluding hydrogens is 705 g/mol. The molecule has 0 N–H and O–H groups in total. The van der Waals surface area contributed by atoms with Crippen LogP contribution in [0.3, 0.4) is 0 Å². The van der Waals surface area contributed by atoms with E-state index in [1.165, 1.54) is 87.2 Å². The van der Waals surface area contributed by atoms with Crippen LogP contribution >= 0.6 is 0 Å². The molecule has 4 heteroatoms. The first-order chi connectivity index (χ1) is 28.8. The van der Waals surface area contributed by atoms with Crippen molar-refractivity contribution in [2.75, 3.05) is 0 Å². The van der Waals surface area contributed by atoms with Crippen molar-refractivity contribution in [1.82, 2.24) is 18.3 Å². The first kappa shape index (κ1) is 31.4. The van der Waals surface area contributed by atoms with Gasteiger partial charge in [-0.2, -0.15) is 0 Å². The molecule has 0 atom stereocenters. The van der Waals surface area contributed by atoms with Crippen LogP contribution in [-0.4, -0.2) is 18.3 Å². The van der Waals surface area contributed by atoms with Crippen molar-refractivity contribution in [1.29, 1.82) is 0 Å². The zero-order valence-electron chi connectivity index (χ0n) is 31.4. The van der Waals surface area contributed by atoms with Crippen LogP contribution in [0.25, 0.3) is 110 Å². The summed E-state index contributed by atoms with van der Waals surface area (Å²) in [7, 11) is 0. The highest BCUT2D eigenvalue weighted by atomic mass is 15.0. The van der Waals surface area contributed by atoms with E-state index < -0.39 is 0 Å². The van der Waals surface area contributed by atoms with Gasteiger partial charge in [-0.15, -0.1) is 0 Å². The summed E-state index contributed by atoms with van der Waals surface area (Å²) in [5.74, 6) is 0. The molecule has 0 aliphatic carbocycles. The third-order valence-electron chi connectivity index (χ3n) is 12.3. The van der Waals surface area contributed by atoms with Gasteiger partial charge in [0.25, 0.3) is 0 Å². The Morgan fingerprint density at radius 2 is 0.569 bits per heavy atom. The molecule has 0 aliphatic heterocycles. The maximum atomic E-state index is 2.47. The van der Waals surface area contributed by atoms with Gasteiger partial charge in [0.15, 0.2) is 0 Å². The Hall–Kier alpha value is -7.82. The van der Waals surface area contributed by atoms with Crippen molar-refractivity contribution in [3.05, 3.63) is 206 Å². The fraction of sp³-hybridized carbons (Fsp3) is 0. The van der Waals surface area contributed by atoms with E-state index in [0.29, 0.717) is 0 Å². The van der Waals surface area contributed by atoms with Crippen molar-refractivity contribution >= 4 is 87.2 Å². The molecule has 13 aromatic rings. The van der Waals surface area contributed by atoms with Gasteiger partial charge in [-0.3, -0.25) is 0 Å². The molecule has 9 aromatic carbocycles. The maximum Gasteiger partial charge on any atom is 0.0641 e. The Bertz CT molecular complexity index is 3780. The van der Waals surface area contributed by atoms with Crippen LogP contribution in [-0.2, 0) is 0 Å². The van der Waals surface area contributed by atoms with E-state index >= 15 is 0 Å². The molecule has 270 valence electrons. The van der Waals surface area contributed by atoms with Gasteiger partial charge in [-0.25, -0.2) is 0 Å². The summed E-state index contributed by atoms with van der Waals surface area (Å²) < 4.78 is 9.74. The normalized spacial score (nSPS) is 12.1. The molecule has 0 aliphatic rings. The van der Waals surface area contributed by atoms with E-state index in [1.54, 1.807) is 0 Å². The monoisotopic (exact) mass is 738 g/mol. The molecule has 13 rings (SSSR count). The van der Waals surface area contributed by atoms with Crippen LogP contribution in [0.5, 0.6) is 0 Å². The fourth-order valence-corrected chi connectivity index (χ4v) is 9.97. The Morgan fingerprint density at radius 1 is 0.207 bits per heavy atom. The third-order valence-corrected chi connectivity index (χ3v) is 12.3. The van der Waals surface area contributed by atoms with Gasteiger partial charge in [-0.1, -0.05) is 115 Å². The molecule has 0 unspecified atom stereocenters. The van der Waals surface area contributed by atoms with Gasteiger partial charge in [0.05, 0.1) is 44.1 Å². The van der Waals surface area contributed by atoms with E-state index in [4.69, 9.17) is 0 Å². The summed E-state index contributed by atoms with van der Waals surface area (Å²) in [5, 5.41) is 9.98. The van der Waals surface area contributed by atoms with E-state index in [2.05, 4.69) is 225 Å². The summed E-state index contributed by atoms with van der Waals surface area (Å²) >= 11 is 0. The van der Waals surface area contributed by atoms with Crippen LogP contribution in [0.2, 0.25) is 0 Å². The second-order valence-electron chi connectivity index (χ2n) is 15.3. The number of benzene rings is 9. The number of para-hydroxylation sites is 6. The summed E-state index contributed by atoms with van der Waals surface area (Å²) in [6, 6.07) is 75.4. The number of aromatic nitrogens is 4. The van der Waals surface area contributed by atoms with Crippen molar-refractivity contribution in [3.63, 3.8) is 0 Å². The molecule has 0 saturated heterocycles. The average Bonchev–Trinajstić information content (AvgIpc) is 4.01. The molecule has 0 amide bonds. The molecule has 0 spiro atoms. The van der Waals surface area contributed by atoms with E-state index in [1.807, 2.05) is 0 Å². The molecule has 0 bridgehead atoms. The van der Waals surface area contributed by atoms with Crippen LogP contribution in [0.15, 0.2) is 206 Å². The highest BCUT2D eigenvalue weighted by Gasteiger charge is 2.22.